The molecule has 8 nitrogen and oxygen atoms in total. The van der Waals surface area contributed by atoms with Gasteiger partial charge in [-0.05, 0) is 26.0 Å². The number of nitrogens with zero attached hydrogens (tertiary/aromatic N) is 4. The Morgan fingerprint density at radius 3 is 2.62 bits per heavy atom. The van der Waals surface area contributed by atoms with Gasteiger partial charge in [0.05, 0.1) is 16.5 Å². The topological polar surface area (TPSA) is 116 Å². The number of aryl methyl sites for hydroxylation is 1. The molecular formula is C25H24N6O2S. The molecule has 0 aliphatic heterocycles. The van der Waals surface area contributed by atoms with Crippen molar-refractivity contribution in [1.29, 1.82) is 0 Å². The van der Waals surface area contributed by atoms with Crippen molar-refractivity contribution in [3.8, 4) is 22.6 Å². The van der Waals surface area contributed by atoms with Gasteiger partial charge in [0.15, 0.2) is 11.0 Å². The molecular weight excluding hydrogens is 448 g/mol. The van der Waals surface area contributed by atoms with Crippen LogP contribution in [0, 0.1) is 6.92 Å². The average molecular weight is 473 g/mol. The number of benzene rings is 2. The van der Waals surface area contributed by atoms with E-state index in [0.717, 1.165) is 27.7 Å². The third kappa shape index (κ3) is 4.84. The summed E-state index contributed by atoms with van der Waals surface area (Å²) in [4.78, 5) is 28.1. The molecule has 0 aliphatic carbocycles. The molecule has 4 rings (SSSR count). The van der Waals surface area contributed by atoms with Crippen molar-refractivity contribution in [2.75, 3.05) is 0 Å². The molecule has 34 heavy (non-hydrogen) atoms. The van der Waals surface area contributed by atoms with E-state index < -0.39 is 17.2 Å². The standard InChI is InChI=1S/C25H24N6O2S/c1-4-13-31-22(29-30-25(31)34-16(3)23(32)28-24(26)33)19-14-21(17-11-9-15(2)10-12-17)27-20-8-6-5-7-18(19)20/h4-12,14,16H,1,13H2,2-3H3,(H3,26,28,32,33). The number of rotatable bonds is 7. The second kappa shape index (κ2) is 9.88. The number of thioether (sulfide) groups is 1. The number of urea groups is 1. The van der Waals surface area contributed by atoms with E-state index >= 15 is 0 Å². The van der Waals surface area contributed by atoms with Gasteiger partial charge < -0.3 is 5.73 Å². The lowest BCUT2D eigenvalue weighted by Crippen LogP contribution is -2.39. The third-order valence-electron chi connectivity index (χ3n) is 5.23. The largest absolute Gasteiger partial charge is 0.351 e. The van der Waals surface area contributed by atoms with E-state index in [1.807, 2.05) is 54.0 Å². The van der Waals surface area contributed by atoms with Crippen molar-refractivity contribution in [3.05, 3.63) is 72.8 Å². The molecule has 0 spiro atoms. The minimum atomic E-state index is -0.891. The van der Waals surface area contributed by atoms with Crippen LogP contribution in [0.4, 0.5) is 4.79 Å². The van der Waals surface area contributed by atoms with Crippen LogP contribution in [0.3, 0.4) is 0 Å². The van der Waals surface area contributed by atoms with Gasteiger partial charge in [-0.3, -0.25) is 14.7 Å². The molecule has 0 radical (unpaired) electrons. The molecule has 1 atom stereocenters. The summed E-state index contributed by atoms with van der Waals surface area (Å²) in [6, 6.07) is 17.2. The Morgan fingerprint density at radius 2 is 1.91 bits per heavy atom. The number of imide groups is 1. The fourth-order valence-electron chi connectivity index (χ4n) is 3.54. The molecule has 2 heterocycles. The molecule has 1 unspecified atom stereocenters. The Hall–Kier alpha value is -3.98. The van der Waals surface area contributed by atoms with Gasteiger partial charge in [-0.25, -0.2) is 9.78 Å². The summed E-state index contributed by atoms with van der Waals surface area (Å²) >= 11 is 1.19. The summed E-state index contributed by atoms with van der Waals surface area (Å²) < 4.78 is 1.90. The van der Waals surface area contributed by atoms with Crippen molar-refractivity contribution in [1.82, 2.24) is 25.1 Å². The van der Waals surface area contributed by atoms with Crippen LogP contribution >= 0.6 is 11.8 Å². The second-order valence-corrected chi connectivity index (χ2v) is 9.07. The molecule has 3 amide bonds. The van der Waals surface area contributed by atoms with Crippen LogP contribution in [-0.2, 0) is 11.3 Å². The Bertz CT molecular complexity index is 1380. The molecule has 172 valence electrons. The maximum absolute atomic E-state index is 12.2. The normalized spacial score (nSPS) is 11.8. The van der Waals surface area contributed by atoms with E-state index in [1.165, 1.54) is 17.3 Å². The number of aromatic nitrogens is 4. The van der Waals surface area contributed by atoms with E-state index in [4.69, 9.17) is 10.7 Å². The van der Waals surface area contributed by atoms with E-state index in [1.54, 1.807) is 13.0 Å². The fourth-order valence-corrected chi connectivity index (χ4v) is 4.39. The van der Waals surface area contributed by atoms with Gasteiger partial charge in [-0.2, -0.15) is 0 Å². The van der Waals surface area contributed by atoms with E-state index in [9.17, 15) is 9.59 Å². The highest BCUT2D eigenvalue weighted by Crippen LogP contribution is 2.33. The van der Waals surface area contributed by atoms with Crippen molar-refractivity contribution in [2.45, 2.75) is 30.8 Å². The number of nitrogens with two attached hydrogens (primary N) is 1. The molecule has 2 aromatic carbocycles. The van der Waals surface area contributed by atoms with Gasteiger partial charge >= 0.3 is 6.03 Å². The molecule has 9 heteroatoms. The van der Waals surface area contributed by atoms with Crippen LogP contribution in [0.2, 0.25) is 0 Å². The summed E-state index contributed by atoms with van der Waals surface area (Å²) in [6.07, 6.45) is 1.75. The first-order valence-corrected chi connectivity index (χ1v) is 11.5. The highest BCUT2D eigenvalue weighted by atomic mass is 32.2. The maximum atomic E-state index is 12.2. The van der Waals surface area contributed by atoms with Crippen LogP contribution < -0.4 is 11.1 Å². The van der Waals surface area contributed by atoms with E-state index in [-0.39, 0.29) is 0 Å². The fraction of sp³-hybridized carbons (Fsp3) is 0.160. The number of allylic oxidation sites excluding steroid dienone is 1. The molecule has 2 aromatic heterocycles. The van der Waals surface area contributed by atoms with Gasteiger partial charge in [0.1, 0.15) is 0 Å². The lowest BCUT2D eigenvalue weighted by Gasteiger charge is -2.13. The highest BCUT2D eigenvalue weighted by Gasteiger charge is 2.22. The number of nitrogens with one attached hydrogen (secondary N) is 1. The number of para-hydroxylation sites is 1. The van der Waals surface area contributed by atoms with Crippen molar-refractivity contribution in [2.24, 2.45) is 5.73 Å². The van der Waals surface area contributed by atoms with Crippen LogP contribution in [-0.4, -0.2) is 36.9 Å². The number of carbonyl (C=O) groups excluding carboxylic acids is 2. The van der Waals surface area contributed by atoms with Crippen molar-refractivity contribution >= 4 is 34.6 Å². The number of pyridine rings is 1. The van der Waals surface area contributed by atoms with Crippen LogP contribution in [0.1, 0.15) is 12.5 Å². The van der Waals surface area contributed by atoms with Gasteiger partial charge in [-0.15, -0.1) is 16.8 Å². The highest BCUT2D eigenvalue weighted by molar-refractivity contribution is 8.00. The van der Waals surface area contributed by atoms with Crippen LogP contribution in [0.15, 0.2) is 72.4 Å². The molecule has 0 bridgehead atoms. The Kier molecular flexibility index (Phi) is 6.74. The molecule has 4 aromatic rings. The summed E-state index contributed by atoms with van der Waals surface area (Å²) in [5.74, 6) is 0.139. The second-order valence-electron chi connectivity index (χ2n) is 7.76. The van der Waals surface area contributed by atoms with E-state index in [2.05, 4.69) is 34.2 Å². The zero-order valence-electron chi connectivity index (χ0n) is 18.9. The van der Waals surface area contributed by atoms with E-state index in [0.29, 0.717) is 17.5 Å². The molecule has 0 saturated heterocycles. The van der Waals surface area contributed by atoms with Crippen molar-refractivity contribution in [3.63, 3.8) is 0 Å². The first-order valence-electron chi connectivity index (χ1n) is 10.7. The lowest BCUT2D eigenvalue weighted by atomic mass is 10.0. The first kappa shape index (κ1) is 23.2. The Labute approximate surface area is 201 Å². The van der Waals surface area contributed by atoms with Gasteiger partial charge in [0.25, 0.3) is 0 Å². The number of hydrogen-bond acceptors (Lipinski definition) is 6. The van der Waals surface area contributed by atoms with Gasteiger partial charge in [-0.1, -0.05) is 65.9 Å². The van der Waals surface area contributed by atoms with Gasteiger partial charge in [0, 0.05) is 23.1 Å². The van der Waals surface area contributed by atoms with Crippen molar-refractivity contribution < 1.29 is 9.59 Å². The Balaban J connectivity index is 1.82. The van der Waals surface area contributed by atoms with Gasteiger partial charge in [0.2, 0.25) is 5.91 Å². The number of amides is 3. The average Bonchev–Trinajstić information content (AvgIpc) is 3.20. The van der Waals surface area contributed by atoms with Crippen LogP contribution in [0.5, 0.6) is 0 Å². The molecule has 0 aliphatic rings. The summed E-state index contributed by atoms with van der Waals surface area (Å²) in [5, 5.41) is 11.8. The zero-order chi connectivity index (χ0) is 24.2. The maximum Gasteiger partial charge on any atom is 0.318 e. The number of fused-ring (bicyclic) bond motifs is 1. The molecule has 3 N–H and O–H groups in total. The SMILES string of the molecule is C=CCn1c(SC(C)C(=O)NC(N)=O)nnc1-c1cc(-c2ccc(C)cc2)nc2ccccc12. The predicted octanol–water partition coefficient (Wildman–Crippen LogP) is 4.33. The monoisotopic (exact) mass is 472 g/mol. The number of hydrogen-bond donors (Lipinski definition) is 2. The summed E-state index contributed by atoms with van der Waals surface area (Å²) in [6.45, 7) is 8.02. The molecule has 0 fully saturated rings. The lowest BCUT2D eigenvalue weighted by molar-refractivity contribution is -0.119. The third-order valence-corrected chi connectivity index (χ3v) is 6.31. The Morgan fingerprint density at radius 1 is 1.18 bits per heavy atom. The number of carbonyl (C=O) groups is 2. The smallest absolute Gasteiger partial charge is 0.318 e. The zero-order valence-corrected chi connectivity index (χ0v) is 19.7. The molecule has 0 saturated carbocycles. The minimum absolute atomic E-state index is 0.436. The summed E-state index contributed by atoms with van der Waals surface area (Å²) in [5.41, 5.74) is 9.78. The first-order chi connectivity index (χ1) is 16.4. The minimum Gasteiger partial charge on any atom is -0.351 e. The quantitative estimate of drug-likeness (QED) is 0.305. The number of primary amides is 1. The summed E-state index contributed by atoms with van der Waals surface area (Å²) in [7, 11) is 0. The van der Waals surface area contributed by atoms with Crippen LogP contribution in [0.25, 0.3) is 33.5 Å². The predicted molar refractivity (Wildman–Crippen MR) is 134 cm³/mol.